The average Bonchev–Trinajstić information content (AvgIpc) is 3.47. The molecule has 6 heteroatoms. The lowest BCUT2D eigenvalue weighted by atomic mass is 9.33. The summed E-state index contributed by atoms with van der Waals surface area (Å²) in [6.45, 7) is 16.6. The van der Waals surface area contributed by atoms with E-state index in [2.05, 4.69) is 59.9 Å². The van der Waals surface area contributed by atoms with Crippen LogP contribution in [0.1, 0.15) is 112 Å². The fourth-order valence-corrected chi connectivity index (χ4v) is 11.7. The van der Waals surface area contributed by atoms with Crippen LogP contribution >= 0.6 is 0 Å². The van der Waals surface area contributed by atoms with E-state index in [4.69, 9.17) is 9.15 Å². The van der Waals surface area contributed by atoms with Gasteiger partial charge in [0.1, 0.15) is 5.76 Å². The SMILES string of the molecule is COC(=O)C12CCC(C)(C)CC1C1=CCC3C4(C)CC(C(=O)NCc5ccco5)C(=O)C(C)(C)C4CCC3(C)C1(C)CC2. The highest BCUT2D eigenvalue weighted by atomic mass is 16.5. The second-order valence-electron chi connectivity index (χ2n) is 17.0. The van der Waals surface area contributed by atoms with Crippen molar-refractivity contribution in [2.45, 2.75) is 113 Å². The van der Waals surface area contributed by atoms with Crippen molar-refractivity contribution in [2.24, 2.45) is 56.2 Å². The van der Waals surface area contributed by atoms with Crippen molar-refractivity contribution < 1.29 is 23.5 Å². The van der Waals surface area contributed by atoms with Crippen LogP contribution in [0.15, 0.2) is 34.5 Å². The van der Waals surface area contributed by atoms with Crippen LogP contribution in [0.2, 0.25) is 0 Å². The van der Waals surface area contributed by atoms with Crippen LogP contribution in [0.25, 0.3) is 0 Å². The van der Waals surface area contributed by atoms with E-state index in [1.165, 1.54) is 5.57 Å². The van der Waals surface area contributed by atoms with Crippen molar-refractivity contribution in [3.63, 3.8) is 0 Å². The second-order valence-corrected chi connectivity index (χ2v) is 17.0. The largest absolute Gasteiger partial charge is 0.469 e. The number of carbonyl (C=O) groups excluding carboxylic acids is 3. The van der Waals surface area contributed by atoms with E-state index < -0.39 is 16.7 Å². The van der Waals surface area contributed by atoms with Gasteiger partial charge in [0.25, 0.3) is 0 Å². The van der Waals surface area contributed by atoms with Crippen molar-refractivity contribution in [1.82, 2.24) is 5.32 Å². The number of hydrogen-bond acceptors (Lipinski definition) is 5. The Bertz CT molecular complexity index is 1340. The highest BCUT2D eigenvalue weighted by molar-refractivity contribution is 6.04. The molecule has 4 saturated carbocycles. The first-order valence-electron chi connectivity index (χ1n) is 16.7. The minimum Gasteiger partial charge on any atom is -0.469 e. The van der Waals surface area contributed by atoms with Gasteiger partial charge in [-0.15, -0.1) is 0 Å². The molecular formula is C37H53NO5. The molecule has 1 amide bonds. The number of rotatable bonds is 4. The van der Waals surface area contributed by atoms with Gasteiger partial charge in [-0.25, -0.2) is 0 Å². The number of furan rings is 1. The molecule has 0 aliphatic heterocycles. The van der Waals surface area contributed by atoms with Crippen molar-refractivity contribution in [3.05, 3.63) is 35.8 Å². The number of amides is 1. The summed E-state index contributed by atoms with van der Waals surface area (Å²) in [4.78, 5) is 41.2. The number of ether oxygens (including phenoxy) is 1. The van der Waals surface area contributed by atoms with Gasteiger partial charge in [-0.1, -0.05) is 60.1 Å². The van der Waals surface area contributed by atoms with Crippen LogP contribution in [-0.2, 0) is 25.7 Å². The van der Waals surface area contributed by atoms with E-state index in [0.29, 0.717) is 24.6 Å². The first kappa shape index (κ1) is 30.6. The first-order chi connectivity index (χ1) is 20.1. The van der Waals surface area contributed by atoms with Crippen LogP contribution < -0.4 is 5.32 Å². The molecular weight excluding hydrogens is 538 g/mol. The van der Waals surface area contributed by atoms with E-state index in [-0.39, 0.29) is 51.2 Å². The predicted molar refractivity (Wildman–Crippen MR) is 165 cm³/mol. The van der Waals surface area contributed by atoms with Crippen molar-refractivity contribution in [2.75, 3.05) is 7.11 Å². The number of ketones is 1. The van der Waals surface area contributed by atoms with Gasteiger partial charge < -0.3 is 14.5 Å². The lowest BCUT2D eigenvalue weighted by Gasteiger charge is -2.71. The van der Waals surface area contributed by atoms with Gasteiger partial charge in [-0.2, -0.15) is 0 Å². The summed E-state index contributed by atoms with van der Waals surface area (Å²) in [7, 11) is 1.56. The van der Waals surface area contributed by atoms with Crippen molar-refractivity contribution in [1.29, 1.82) is 0 Å². The van der Waals surface area contributed by atoms with E-state index in [1.54, 1.807) is 13.4 Å². The predicted octanol–water partition coefficient (Wildman–Crippen LogP) is 7.67. The first-order valence-corrected chi connectivity index (χ1v) is 16.7. The monoisotopic (exact) mass is 591 g/mol. The summed E-state index contributed by atoms with van der Waals surface area (Å²) in [5, 5.41) is 3.02. The molecule has 4 fully saturated rings. The Morgan fingerprint density at radius 3 is 2.37 bits per heavy atom. The molecule has 6 nitrogen and oxygen atoms in total. The summed E-state index contributed by atoms with van der Waals surface area (Å²) in [5.41, 5.74) is 0.497. The summed E-state index contributed by atoms with van der Waals surface area (Å²) in [6.07, 6.45) is 12.5. The molecule has 1 heterocycles. The minimum absolute atomic E-state index is 0.0118. The van der Waals surface area contributed by atoms with Crippen LogP contribution in [0.5, 0.6) is 0 Å². The minimum atomic E-state index is -0.663. The van der Waals surface area contributed by atoms with Gasteiger partial charge in [0.05, 0.1) is 31.3 Å². The molecule has 6 rings (SSSR count). The number of nitrogens with one attached hydrogen (secondary N) is 1. The zero-order valence-corrected chi connectivity index (χ0v) is 27.7. The topological polar surface area (TPSA) is 85.6 Å². The van der Waals surface area contributed by atoms with Crippen molar-refractivity contribution in [3.8, 4) is 0 Å². The Balaban J connectivity index is 1.37. The molecule has 0 radical (unpaired) electrons. The molecule has 236 valence electrons. The maximum absolute atomic E-state index is 14.0. The molecule has 5 aliphatic carbocycles. The normalized spacial score (nSPS) is 42.8. The standard InChI is InChI=1S/C37H53NO5/c1-32(2)15-17-37(31(41)42-8)18-16-35(6)25(26(37)21-32)11-12-28-34(5)20-24(30(40)38-22-23-10-9-19-43-23)29(39)33(3,4)27(34)13-14-36(28,35)7/h9-11,19,24,26-28H,12-18,20-22H2,1-8H3,(H,38,40). The molecule has 8 unspecified atom stereocenters. The quantitative estimate of drug-likeness (QED) is 0.221. The number of hydrogen-bond donors (Lipinski definition) is 1. The molecule has 0 spiro atoms. The summed E-state index contributed by atoms with van der Waals surface area (Å²) in [6, 6.07) is 3.65. The van der Waals surface area contributed by atoms with Crippen LogP contribution in [0, 0.1) is 56.2 Å². The molecule has 1 N–H and O–H groups in total. The maximum Gasteiger partial charge on any atom is 0.312 e. The summed E-state index contributed by atoms with van der Waals surface area (Å²) >= 11 is 0. The zero-order valence-electron chi connectivity index (χ0n) is 27.7. The van der Waals surface area contributed by atoms with E-state index >= 15 is 0 Å². The summed E-state index contributed by atoms with van der Waals surface area (Å²) < 4.78 is 11.0. The Morgan fingerprint density at radius 2 is 1.70 bits per heavy atom. The van der Waals surface area contributed by atoms with Gasteiger partial charge in [0.15, 0.2) is 5.78 Å². The second kappa shape index (κ2) is 9.81. The van der Waals surface area contributed by atoms with Gasteiger partial charge in [-0.3, -0.25) is 14.4 Å². The third-order valence-corrected chi connectivity index (χ3v) is 14.3. The van der Waals surface area contributed by atoms with Crippen molar-refractivity contribution >= 4 is 17.7 Å². The van der Waals surface area contributed by atoms with Gasteiger partial charge >= 0.3 is 5.97 Å². The molecule has 1 aromatic heterocycles. The number of fused-ring (bicyclic) bond motifs is 7. The molecule has 5 aliphatic rings. The summed E-state index contributed by atoms with van der Waals surface area (Å²) in [5.74, 6) is 0.694. The molecule has 8 atom stereocenters. The highest BCUT2D eigenvalue weighted by Crippen LogP contribution is 2.75. The maximum atomic E-state index is 14.0. The van der Waals surface area contributed by atoms with Gasteiger partial charge in [-0.05, 0) is 109 Å². The lowest BCUT2D eigenvalue weighted by Crippen LogP contribution is -2.66. The molecule has 0 aromatic carbocycles. The average molecular weight is 592 g/mol. The highest BCUT2D eigenvalue weighted by Gasteiger charge is 2.70. The number of Topliss-reactive ketones (excluding diaryl/α,β-unsaturated/α-hetero) is 1. The zero-order chi connectivity index (χ0) is 31.2. The third-order valence-electron chi connectivity index (χ3n) is 14.3. The van der Waals surface area contributed by atoms with Crippen LogP contribution in [0.4, 0.5) is 0 Å². The Labute approximate surface area is 258 Å². The fourth-order valence-electron chi connectivity index (χ4n) is 11.7. The Hall–Kier alpha value is -2.37. The van der Waals surface area contributed by atoms with Gasteiger partial charge in [0, 0.05) is 5.41 Å². The van der Waals surface area contributed by atoms with Crippen LogP contribution in [-0.4, -0.2) is 24.8 Å². The van der Waals surface area contributed by atoms with E-state index in [0.717, 1.165) is 51.4 Å². The number of esters is 1. The smallest absolute Gasteiger partial charge is 0.312 e. The fraction of sp³-hybridized carbons (Fsp3) is 0.757. The Morgan fingerprint density at radius 1 is 0.977 bits per heavy atom. The Kier molecular flexibility index (Phi) is 6.99. The molecule has 0 saturated heterocycles. The van der Waals surface area contributed by atoms with E-state index in [1.807, 2.05) is 12.1 Å². The molecule has 0 bridgehead atoms. The molecule has 43 heavy (non-hydrogen) atoms. The number of methoxy groups -OCH3 is 1. The lowest BCUT2D eigenvalue weighted by molar-refractivity contribution is -0.196. The van der Waals surface area contributed by atoms with E-state index in [9.17, 15) is 14.4 Å². The number of allylic oxidation sites excluding steroid dienone is 2. The van der Waals surface area contributed by atoms with Gasteiger partial charge in [0.2, 0.25) is 5.91 Å². The number of carbonyl (C=O) groups is 3. The third kappa shape index (κ3) is 4.20. The van der Waals surface area contributed by atoms with Crippen LogP contribution in [0.3, 0.4) is 0 Å². The molecule has 1 aromatic rings.